The number of hydrogen-bond acceptors (Lipinski definition) is 4. The van der Waals surface area contributed by atoms with Gasteiger partial charge in [-0.25, -0.2) is 0 Å². The quantitative estimate of drug-likeness (QED) is 0.872. The molecule has 4 heteroatoms. The van der Waals surface area contributed by atoms with Gasteiger partial charge < -0.3 is 10.2 Å². The van der Waals surface area contributed by atoms with Crippen LogP contribution in [0.15, 0.2) is 17.5 Å². The van der Waals surface area contributed by atoms with Crippen LogP contribution < -0.4 is 5.32 Å². The Morgan fingerprint density at radius 1 is 1.24 bits per heavy atom. The van der Waals surface area contributed by atoms with E-state index in [-0.39, 0.29) is 0 Å². The Labute approximate surface area is 133 Å². The van der Waals surface area contributed by atoms with E-state index in [1.54, 1.807) is 0 Å². The van der Waals surface area contributed by atoms with E-state index in [9.17, 15) is 0 Å². The van der Waals surface area contributed by atoms with Gasteiger partial charge in [0.05, 0.1) is 6.04 Å². The van der Waals surface area contributed by atoms with Crippen LogP contribution in [0, 0.1) is 0 Å². The van der Waals surface area contributed by atoms with E-state index >= 15 is 0 Å². The smallest absolute Gasteiger partial charge is 0.0566 e. The number of rotatable bonds is 6. The lowest BCUT2D eigenvalue weighted by atomic mass is 10.0. The summed E-state index contributed by atoms with van der Waals surface area (Å²) in [6, 6.07) is 5.83. The molecule has 0 amide bonds. The Kier molecular flexibility index (Phi) is 5.69. The molecular formula is C17H29N3S. The van der Waals surface area contributed by atoms with E-state index < -0.39 is 0 Å². The predicted octanol–water partition coefficient (Wildman–Crippen LogP) is 2.96. The van der Waals surface area contributed by atoms with Crippen molar-refractivity contribution in [3.05, 3.63) is 22.4 Å². The summed E-state index contributed by atoms with van der Waals surface area (Å²) in [6.07, 6.45) is 5.36. The number of nitrogens with one attached hydrogen (secondary N) is 1. The highest BCUT2D eigenvalue weighted by Crippen LogP contribution is 2.28. The topological polar surface area (TPSA) is 18.5 Å². The molecule has 2 fully saturated rings. The molecule has 3 heterocycles. The SMILES string of the molecule is CCN1CCC(NC[C@H](c2cccs2)N2CCCC2)CC1. The van der Waals surface area contributed by atoms with Crippen LogP contribution in [0.25, 0.3) is 0 Å². The third-order valence-electron chi connectivity index (χ3n) is 5.09. The van der Waals surface area contributed by atoms with Gasteiger partial charge in [0.15, 0.2) is 0 Å². The zero-order valence-corrected chi connectivity index (χ0v) is 14.1. The Bertz CT molecular complexity index is 392. The first-order valence-corrected chi connectivity index (χ1v) is 9.48. The minimum absolute atomic E-state index is 0.594. The predicted molar refractivity (Wildman–Crippen MR) is 91.0 cm³/mol. The minimum Gasteiger partial charge on any atom is -0.312 e. The van der Waals surface area contributed by atoms with Gasteiger partial charge in [0.1, 0.15) is 0 Å². The van der Waals surface area contributed by atoms with Gasteiger partial charge in [-0.2, -0.15) is 0 Å². The van der Waals surface area contributed by atoms with Crippen LogP contribution in [0.5, 0.6) is 0 Å². The van der Waals surface area contributed by atoms with Crippen LogP contribution in [0.2, 0.25) is 0 Å². The summed E-state index contributed by atoms with van der Waals surface area (Å²) in [7, 11) is 0. The molecule has 2 aliphatic rings. The molecule has 3 nitrogen and oxygen atoms in total. The third-order valence-corrected chi connectivity index (χ3v) is 6.06. The van der Waals surface area contributed by atoms with E-state index in [2.05, 4.69) is 39.6 Å². The second kappa shape index (κ2) is 7.73. The first-order chi connectivity index (χ1) is 10.4. The van der Waals surface area contributed by atoms with Crippen molar-refractivity contribution in [1.29, 1.82) is 0 Å². The van der Waals surface area contributed by atoms with Crippen molar-refractivity contribution in [2.45, 2.75) is 44.7 Å². The standard InChI is InChI=1S/C17H29N3S/c1-2-19-11-7-15(8-12-19)18-14-16(17-6-5-13-21-17)20-9-3-4-10-20/h5-6,13,15-16,18H,2-4,7-12,14H2,1H3/t16-/m1/s1. The molecule has 1 aromatic rings. The lowest BCUT2D eigenvalue weighted by Gasteiger charge is -2.34. The van der Waals surface area contributed by atoms with Crippen molar-refractivity contribution in [1.82, 2.24) is 15.1 Å². The van der Waals surface area contributed by atoms with Gasteiger partial charge in [0.25, 0.3) is 0 Å². The van der Waals surface area contributed by atoms with Gasteiger partial charge in [0.2, 0.25) is 0 Å². The summed E-state index contributed by atoms with van der Waals surface area (Å²) in [5.74, 6) is 0. The molecule has 0 spiro atoms. The molecule has 0 unspecified atom stereocenters. The molecular weight excluding hydrogens is 278 g/mol. The second-order valence-corrected chi connectivity index (χ2v) is 7.37. The van der Waals surface area contributed by atoms with Crippen molar-refractivity contribution in [3.63, 3.8) is 0 Å². The molecule has 0 saturated carbocycles. The summed E-state index contributed by atoms with van der Waals surface area (Å²) in [6.45, 7) is 9.68. The van der Waals surface area contributed by atoms with E-state index in [1.807, 2.05) is 11.3 Å². The Balaban J connectivity index is 1.53. The average molecular weight is 308 g/mol. The van der Waals surface area contributed by atoms with Crippen molar-refractivity contribution in [2.24, 2.45) is 0 Å². The fourth-order valence-corrected chi connectivity index (χ4v) is 4.54. The van der Waals surface area contributed by atoms with Crippen LogP contribution in [0.1, 0.15) is 43.5 Å². The van der Waals surface area contributed by atoms with Crippen molar-refractivity contribution >= 4 is 11.3 Å². The highest BCUT2D eigenvalue weighted by molar-refractivity contribution is 7.10. The van der Waals surface area contributed by atoms with Crippen molar-refractivity contribution < 1.29 is 0 Å². The molecule has 118 valence electrons. The molecule has 0 radical (unpaired) electrons. The maximum atomic E-state index is 3.87. The summed E-state index contributed by atoms with van der Waals surface area (Å²) in [5, 5.41) is 6.09. The first-order valence-electron chi connectivity index (χ1n) is 8.60. The monoisotopic (exact) mass is 307 g/mol. The summed E-state index contributed by atoms with van der Waals surface area (Å²) >= 11 is 1.92. The van der Waals surface area contributed by atoms with Crippen LogP contribution in [-0.2, 0) is 0 Å². The van der Waals surface area contributed by atoms with Gasteiger partial charge in [-0.1, -0.05) is 13.0 Å². The highest BCUT2D eigenvalue weighted by Gasteiger charge is 2.25. The highest BCUT2D eigenvalue weighted by atomic mass is 32.1. The fourth-order valence-electron chi connectivity index (χ4n) is 3.68. The Hall–Kier alpha value is -0.420. The lowest BCUT2D eigenvalue weighted by molar-refractivity contribution is 0.188. The van der Waals surface area contributed by atoms with Crippen molar-refractivity contribution in [2.75, 3.05) is 39.3 Å². The molecule has 21 heavy (non-hydrogen) atoms. The Morgan fingerprint density at radius 2 is 2.00 bits per heavy atom. The number of hydrogen-bond donors (Lipinski definition) is 1. The summed E-state index contributed by atoms with van der Waals surface area (Å²) < 4.78 is 0. The van der Waals surface area contributed by atoms with Crippen LogP contribution in [0.3, 0.4) is 0 Å². The molecule has 0 aliphatic carbocycles. The van der Waals surface area contributed by atoms with Crippen LogP contribution in [-0.4, -0.2) is 55.1 Å². The minimum atomic E-state index is 0.594. The van der Waals surface area contributed by atoms with Gasteiger partial charge >= 0.3 is 0 Å². The summed E-state index contributed by atoms with van der Waals surface area (Å²) in [4.78, 5) is 6.78. The van der Waals surface area contributed by atoms with E-state index in [4.69, 9.17) is 0 Å². The van der Waals surface area contributed by atoms with Gasteiger partial charge in [-0.15, -0.1) is 11.3 Å². The van der Waals surface area contributed by atoms with E-state index in [0.29, 0.717) is 6.04 Å². The van der Waals surface area contributed by atoms with Gasteiger partial charge in [0, 0.05) is 17.5 Å². The Morgan fingerprint density at radius 3 is 2.62 bits per heavy atom. The molecule has 2 aliphatic heterocycles. The van der Waals surface area contributed by atoms with E-state index in [0.717, 1.165) is 12.6 Å². The van der Waals surface area contributed by atoms with E-state index in [1.165, 1.54) is 63.3 Å². The molecule has 1 aromatic heterocycles. The molecule has 3 rings (SSSR count). The lowest BCUT2D eigenvalue weighted by Crippen LogP contribution is -2.45. The zero-order valence-electron chi connectivity index (χ0n) is 13.3. The fraction of sp³-hybridized carbons (Fsp3) is 0.765. The first kappa shape index (κ1) is 15.5. The molecule has 1 N–H and O–H groups in total. The second-order valence-electron chi connectivity index (χ2n) is 6.39. The normalized spacial score (nSPS) is 23.7. The molecule has 0 aromatic carbocycles. The maximum absolute atomic E-state index is 3.87. The average Bonchev–Trinajstić information content (AvgIpc) is 3.22. The largest absolute Gasteiger partial charge is 0.312 e. The third kappa shape index (κ3) is 4.07. The van der Waals surface area contributed by atoms with Crippen LogP contribution >= 0.6 is 11.3 Å². The van der Waals surface area contributed by atoms with Gasteiger partial charge in [-0.3, -0.25) is 4.90 Å². The number of piperidine rings is 1. The zero-order chi connectivity index (χ0) is 14.5. The van der Waals surface area contributed by atoms with Gasteiger partial charge in [-0.05, 0) is 69.9 Å². The molecule has 2 saturated heterocycles. The summed E-state index contributed by atoms with van der Waals surface area (Å²) in [5.41, 5.74) is 0. The molecule has 0 bridgehead atoms. The number of likely N-dealkylation sites (tertiary alicyclic amines) is 2. The maximum Gasteiger partial charge on any atom is 0.0566 e. The number of thiophene rings is 1. The molecule has 1 atom stereocenters. The van der Waals surface area contributed by atoms with Crippen molar-refractivity contribution in [3.8, 4) is 0 Å². The van der Waals surface area contributed by atoms with Crippen LogP contribution in [0.4, 0.5) is 0 Å². The number of nitrogens with zero attached hydrogens (tertiary/aromatic N) is 2.